The van der Waals surface area contributed by atoms with Gasteiger partial charge in [0.1, 0.15) is 6.10 Å². The van der Waals surface area contributed by atoms with Crippen LogP contribution in [0.4, 0.5) is 0 Å². The van der Waals surface area contributed by atoms with Crippen molar-refractivity contribution in [1.82, 2.24) is 0 Å². The van der Waals surface area contributed by atoms with E-state index in [4.69, 9.17) is 15.6 Å². The van der Waals surface area contributed by atoms with E-state index in [0.717, 1.165) is 12.8 Å². The maximum absolute atomic E-state index is 11.2. The summed E-state index contributed by atoms with van der Waals surface area (Å²) in [6.07, 6.45) is 20.0. The van der Waals surface area contributed by atoms with E-state index in [1.807, 2.05) is 0 Å². The molecule has 0 aromatic carbocycles. The summed E-state index contributed by atoms with van der Waals surface area (Å²) in [4.78, 5) is 11.2. The molecule has 148 valence electrons. The lowest BCUT2D eigenvalue weighted by Gasteiger charge is -2.13. The number of ether oxygens (including phenoxy) is 1. The van der Waals surface area contributed by atoms with Crippen LogP contribution in [0.5, 0.6) is 0 Å². The van der Waals surface area contributed by atoms with Gasteiger partial charge in [-0.2, -0.15) is 0 Å². The summed E-state index contributed by atoms with van der Waals surface area (Å²) in [5, 5.41) is 9.04. The number of aliphatic hydroxyl groups excluding tert-OH is 1. The van der Waals surface area contributed by atoms with Gasteiger partial charge >= 0.3 is 5.97 Å². The Bertz CT molecular complexity index is 329. The average Bonchev–Trinajstić information content (AvgIpc) is 2.58. The molecule has 0 spiro atoms. The van der Waals surface area contributed by atoms with Crippen LogP contribution in [0.15, 0.2) is 12.2 Å². The highest BCUT2D eigenvalue weighted by Gasteiger charge is 2.14. The van der Waals surface area contributed by atoms with Crippen LogP contribution in [0.3, 0.4) is 0 Å². The van der Waals surface area contributed by atoms with Crippen LogP contribution in [0.25, 0.3) is 0 Å². The van der Waals surface area contributed by atoms with Crippen molar-refractivity contribution in [2.45, 2.75) is 116 Å². The van der Waals surface area contributed by atoms with Gasteiger partial charge in [-0.3, -0.25) is 5.73 Å². The molecule has 4 nitrogen and oxygen atoms in total. The first-order valence-electron chi connectivity index (χ1n) is 10.4. The topological polar surface area (TPSA) is 72.5 Å². The zero-order valence-electron chi connectivity index (χ0n) is 16.5. The van der Waals surface area contributed by atoms with Crippen molar-refractivity contribution in [3.05, 3.63) is 12.2 Å². The molecule has 25 heavy (non-hydrogen) atoms. The highest BCUT2D eigenvalue weighted by atomic mass is 16.6. The number of hydrogen-bond acceptors (Lipinski definition) is 4. The first-order chi connectivity index (χ1) is 12.1. The van der Waals surface area contributed by atoms with Gasteiger partial charge in [-0.15, -0.1) is 0 Å². The lowest BCUT2D eigenvalue weighted by molar-refractivity contribution is -0.158. The predicted molar refractivity (Wildman–Crippen MR) is 105 cm³/mol. The van der Waals surface area contributed by atoms with Gasteiger partial charge in [0.25, 0.3) is 0 Å². The molecule has 4 heteroatoms. The fourth-order valence-corrected chi connectivity index (χ4v) is 2.72. The third-order valence-electron chi connectivity index (χ3n) is 4.36. The lowest BCUT2D eigenvalue weighted by Crippen LogP contribution is -2.31. The van der Waals surface area contributed by atoms with E-state index >= 15 is 0 Å². The number of aliphatic hydroxyl groups is 1. The number of esters is 1. The molecular weight excluding hydrogens is 314 g/mol. The second-order valence-corrected chi connectivity index (χ2v) is 7.02. The Kier molecular flexibility index (Phi) is 17.3. The highest BCUT2D eigenvalue weighted by molar-refractivity contribution is 5.73. The van der Waals surface area contributed by atoms with E-state index in [1.165, 1.54) is 77.6 Å². The normalized spacial score (nSPS) is 13.9. The Labute approximate surface area is 155 Å². The van der Waals surface area contributed by atoms with Gasteiger partial charge in [0.2, 0.25) is 0 Å². The fourth-order valence-electron chi connectivity index (χ4n) is 2.72. The molecular formula is C21H41NO3. The standard InChI is InChI=1S/C21H41NO3/c1-3-4-5-6-7-8-9-10-11-12-13-14-15-16-17-18-20(22)25-21(24)19(2)23/h10-11,19-20,23H,3-9,12-18,22H2,1-2H3/b11-10-. The van der Waals surface area contributed by atoms with E-state index in [9.17, 15) is 4.79 Å². The van der Waals surface area contributed by atoms with Crippen molar-refractivity contribution >= 4 is 5.97 Å². The third-order valence-corrected chi connectivity index (χ3v) is 4.36. The average molecular weight is 356 g/mol. The van der Waals surface area contributed by atoms with E-state index in [-0.39, 0.29) is 0 Å². The highest BCUT2D eigenvalue weighted by Crippen LogP contribution is 2.10. The molecule has 3 N–H and O–H groups in total. The van der Waals surface area contributed by atoms with Gasteiger partial charge in [0.15, 0.2) is 6.23 Å². The summed E-state index contributed by atoms with van der Waals surface area (Å²) in [7, 11) is 0. The van der Waals surface area contributed by atoms with Crippen LogP contribution in [-0.2, 0) is 9.53 Å². The van der Waals surface area contributed by atoms with Gasteiger partial charge < -0.3 is 9.84 Å². The van der Waals surface area contributed by atoms with Gasteiger partial charge in [-0.25, -0.2) is 4.79 Å². The fraction of sp³-hybridized carbons (Fsp3) is 0.857. The molecule has 0 aliphatic carbocycles. The van der Waals surface area contributed by atoms with Crippen LogP contribution >= 0.6 is 0 Å². The third kappa shape index (κ3) is 17.7. The summed E-state index contributed by atoms with van der Waals surface area (Å²) in [5.41, 5.74) is 5.70. The Hall–Kier alpha value is -0.870. The van der Waals surface area contributed by atoms with Crippen molar-refractivity contribution in [2.24, 2.45) is 5.73 Å². The SMILES string of the molecule is CCCCCCCC/C=C\CCCCCCCC(N)OC(=O)C(C)O. The van der Waals surface area contributed by atoms with Crippen LogP contribution in [0.2, 0.25) is 0 Å². The van der Waals surface area contributed by atoms with Gasteiger partial charge in [-0.1, -0.05) is 70.4 Å². The number of unbranched alkanes of at least 4 members (excludes halogenated alkanes) is 11. The second kappa shape index (κ2) is 17.9. The summed E-state index contributed by atoms with van der Waals surface area (Å²) >= 11 is 0. The molecule has 2 unspecified atom stereocenters. The van der Waals surface area contributed by atoms with Crippen LogP contribution in [0, 0.1) is 0 Å². The molecule has 0 bridgehead atoms. The number of nitrogens with two attached hydrogens (primary N) is 1. The zero-order valence-corrected chi connectivity index (χ0v) is 16.5. The molecule has 2 atom stereocenters. The first-order valence-corrected chi connectivity index (χ1v) is 10.4. The van der Waals surface area contributed by atoms with Crippen molar-refractivity contribution in [3.8, 4) is 0 Å². The summed E-state index contributed by atoms with van der Waals surface area (Å²) in [5.74, 6) is -0.639. The molecule has 0 saturated carbocycles. The van der Waals surface area contributed by atoms with Crippen molar-refractivity contribution in [3.63, 3.8) is 0 Å². The number of rotatable bonds is 17. The largest absolute Gasteiger partial charge is 0.445 e. The monoisotopic (exact) mass is 355 g/mol. The van der Waals surface area contributed by atoms with Crippen molar-refractivity contribution in [1.29, 1.82) is 0 Å². The van der Waals surface area contributed by atoms with Gasteiger partial charge in [0.05, 0.1) is 0 Å². The van der Waals surface area contributed by atoms with Crippen molar-refractivity contribution in [2.75, 3.05) is 0 Å². The molecule has 0 heterocycles. The molecule has 0 rings (SSSR count). The zero-order chi connectivity index (χ0) is 18.8. The minimum Gasteiger partial charge on any atom is -0.445 e. The lowest BCUT2D eigenvalue weighted by atomic mass is 10.1. The molecule has 0 amide bonds. The van der Waals surface area contributed by atoms with E-state index < -0.39 is 18.3 Å². The summed E-state index contributed by atoms with van der Waals surface area (Å²) in [6, 6.07) is 0. The number of carbonyl (C=O) groups excluding carboxylic acids is 1. The Morgan fingerprint density at radius 3 is 1.92 bits per heavy atom. The molecule has 0 aromatic heterocycles. The molecule has 0 aliphatic heterocycles. The van der Waals surface area contributed by atoms with Crippen LogP contribution < -0.4 is 5.73 Å². The van der Waals surface area contributed by atoms with E-state index in [0.29, 0.717) is 6.42 Å². The maximum atomic E-state index is 11.2. The Morgan fingerprint density at radius 2 is 1.40 bits per heavy atom. The number of allylic oxidation sites excluding steroid dienone is 2. The van der Waals surface area contributed by atoms with Crippen LogP contribution in [-0.4, -0.2) is 23.4 Å². The summed E-state index contributed by atoms with van der Waals surface area (Å²) < 4.78 is 4.91. The smallest absolute Gasteiger partial charge is 0.336 e. The number of carbonyl (C=O) groups is 1. The van der Waals surface area contributed by atoms with Gasteiger partial charge in [-0.05, 0) is 45.4 Å². The van der Waals surface area contributed by atoms with Crippen LogP contribution in [0.1, 0.15) is 104 Å². The second-order valence-electron chi connectivity index (χ2n) is 7.02. The predicted octanol–water partition coefficient (Wildman–Crippen LogP) is 5.23. The quantitative estimate of drug-likeness (QED) is 0.162. The summed E-state index contributed by atoms with van der Waals surface area (Å²) in [6.45, 7) is 3.64. The van der Waals surface area contributed by atoms with E-state index in [2.05, 4.69) is 19.1 Å². The maximum Gasteiger partial charge on any atom is 0.336 e. The Balaban J connectivity index is 3.28. The molecule has 0 radical (unpaired) electrons. The Morgan fingerprint density at radius 1 is 0.920 bits per heavy atom. The molecule has 0 fully saturated rings. The van der Waals surface area contributed by atoms with Crippen molar-refractivity contribution < 1.29 is 14.6 Å². The minimum atomic E-state index is -1.10. The minimum absolute atomic E-state index is 0.591. The van der Waals surface area contributed by atoms with Gasteiger partial charge in [0, 0.05) is 0 Å². The first kappa shape index (κ1) is 24.1. The molecule has 0 saturated heterocycles. The van der Waals surface area contributed by atoms with E-state index in [1.54, 1.807) is 0 Å². The molecule has 0 aromatic rings. The molecule has 0 aliphatic rings. The number of hydrogen-bond donors (Lipinski definition) is 2.